The molecular formula is C22H19NO6. The minimum absolute atomic E-state index is 0.119. The number of carbonyl (C=O) groups excluding carboxylic acids is 2. The van der Waals surface area contributed by atoms with E-state index in [9.17, 15) is 14.4 Å². The maximum atomic E-state index is 13.0. The fourth-order valence-electron chi connectivity index (χ4n) is 3.37. The molecule has 0 bridgehead atoms. The molecule has 0 spiro atoms. The molecule has 0 N–H and O–H groups in total. The topological polar surface area (TPSA) is 86.0 Å². The molecule has 2 aromatic carbocycles. The van der Waals surface area contributed by atoms with Crippen molar-refractivity contribution in [2.75, 3.05) is 26.8 Å². The Morgan fingerprint density at radius 1 is 1.10 bits per heavy atom. The SMILES string of the molecule is COC(=O)C1CN(C(=O)c2cccc(-c3cc4ccccc4oc3=O)c2)CCO1. The molecule has 1 unspecified atom stereocenters. The summed E-state index contributed by atoms with van der Waals surface area (Å²) >= 11 is 0. The van der Waals surface area contributed by atoms with Gasteiger partial charge >= 0.3 is 11.6 Å². The third kappa shape index (κ3) is 3.77. The van der Waals surface area contributed by atoms with E-state index in [4.69, 9.17) is 13.9 Å². The normalized spacial score (nSPS) is 16.6. The zero-order valence-corrected chi connectivity index (χ0v) is 15.8. The predicted molar refractivity (Wildman–Crippen MR) is 106 cm³/mol. The Bertz CT molecular complexity index is 1140. The summed E-state index contributed by atoms with van der Waals surface area (Å²) in [5, 5.41) is 0.799. The molecule has 2 heterocycles. The molecular weight excluding hydrogens is 374 g/mol. The summed E-state index contributed by atoms with van der Waals surface area (Å²) in [6.45, 7) is 0.738. The van der Waals surface area contributed by atoms with Crippen molar-refractivity contribution in [2.45, 2.75) is 6.10 Å². The van der Waals surface area contributed by atoms with Crippen LogP contribution in [-0.4, -0.2) is 49.7 Å². The Kier molecular flexibility index (Phi) is 5.14. The van der Waals surface area contributed by atoms with E-state index in [-0.39, 0.29) is 19.1 Å². The van der Waals surface area contributed by atoms with Crippen LogP contribution in [0.2, 0.25) is 0 Å². The first kappa shape index (κ1) is 18.9. The summed E-state index contributed by atoms with van der Waals surface area (Å²) in [5.74, 6) is -0.751. The van der Waals surface area contributed by atoms with Crippen LogP contribution in [0.15, 0.2) is 63.8 Å². The van der Waals surface area contributed by atoms with Crippen molar-refractivity contribution >= 4 is 22.8 Å². The van der Waals surface area contributed by atoms with E-state index in [1.807, 2.05) is 12.1 Å². The van der Waals surface area contributed by atoms with Gasteiger partial charge in [-0.2, -0.15) is 0 Å². The summed E-state index contributed by atoms with van der Waals surface area (Å²) in [4.78, 5) is 38.7. The number of hydrogen-bond acceptors (Lipinski definition) is 6. The van der Waals surface area contributed by atoms with Crippen molar-refractivity contribution in [3.63, 3.8) is 0 Å². The summed E-state index contributed by atoms with van der Waals surface area (Å²) in [6.07, 6.45) is -0.798. The Hall–Kier alpha value is -3.45. The lowest BCUT2D eigenvalue weighted by Crippen LogP contribution is -2.48. The van der Waals surface area contributed by atoms with Gasteiger partial charge in [0.1, 0.15) is 5.58 Å². The molecule has 1 amide bonds. The first-order chi connectivity index (χ1) is 14.1. The van der Waals surface area contributed by atoms with E-state index in [0.717, 1.165) is 5.39 Å². The highest BCUT2D eigenvalue weighted by Gasteiger charge is 2.30. The maximum absolute atomic E-state index is 13.0. The van der Waals surface area contributed by atoms with Gasteiger partial charge in [-0.1, -0.05) is 30.3 Å². The van der Waals surface area contributed by atoms with Crippen LogP contribution in [0.3, 0.4) is 0 Å². The van der Waals surface area contributed by atoms with Crippen LogP contribution in [0.5, 0.6) is 0 Å². The lowest BCUT2D eigenvalue weighted by molar-refractivity contribution is -0.158. The molecule has 1 aliphatic heterocycles. The van der Waals surface area contributed by atoms with E-state index < -0.39 is 17.7 Å². The summed E-state index contributed by atoms with van der Waals surface area (Å²) in [5.41, 5.74) is 1.43. The second-order valence-electron chi connectivity index (χ2n) is 6.70. The molecule has 4 rings (SSSR count). The van der Waals surface area contributed by atoms with Crippen LogP contribution in [-0.2, 0) is 14.3 Å². The van der Waals surface area contributed by atoms with Crippen LogP contribution in [0.4, 0.5) is 0 Å². The second-order valence-corrected chi connectivity index (χ2v) is 6.70. The number of esters is 1. The second kappa shape index (κ2) is 7.89. The molecule has 3 aromatic rings. The predicted octanol–water partition coefficient (Wildman–Crippen LogP) is 2.47. The number of ether oxygens (including phenoxy) is 2. The van der Waals surface area contributed by atoms with Gasteiger partial charge in [-0.3, -0.25) is 4.79 Å². The van der Waals surface area contributed by atoms with Gasteiger partial charge in [-0.25, -0.2) is 9.59 Å². The molecule has 1 saturated heterocycles. The molecule has 0 saturated carbocycles. The quantitative estimate of drug-likeness (QED) is 0.502. The summed E-state index contributed by atoms with van der Waals surface area (Å²) in [7, 11) is 1.28. The van der Waals surface area contributed by atoms with E-state index in [1.54, 1.807) is 47.4 Å². The van der Waals surface area contributed by atoms with Gasteiger partial charge in [0, 0.05) is 17.5 Å². The maximum Gasteiger partial charge on any atom is 0.344 e. The van der Waals surface area contributed by atoms with Crippen LogP contribution < -0.4 is 5.63 Å². The highest BCUT2D eigenvalue weighted by atomic mass is 16.6. The number of para-hydroxylation sites is 1. The average Bonchev–Trinajstić information content (AvgIpc) is 2.77. The number of carbonyl (C=O) groups is 2. The molecule has 7 heteroatoms. The molecule has 0 radical (unpaired) electrons. The van der Waals surface area contributed by atoms with Gasteiger partial charge in [-0.05, 0) is 29.8 Å². The standard InChI is InChI=1S/C22H19NO6/c1-27-22(26)19-13-23(9-10-28-19)20(24)16-7-4-6-14(11-16)17-12-15-5-2-3-8-18(15)29-21(17)25/h2-8,11-12,19H,9-10,13H2,1H3. The fraction of sp³-hybridized carbons (Fsp3) is 0.227. The zero-order valence-electron chi connectivity index (χ0n) is 15.8. The minimum Gasteiger partial charge on any atom is -0.467 e. The fourth-order valence-corrected chi connectivity index (χ4v) is 3.37. The van der Waals surface area contributed by atoms with Crippen LogP contribution in [0.1, 0.15) is 10.4 Å². The number of amides is 1. The van der Waals surface area contributed by atoms with Crippen LogP contribution in [0, 0.1) is 0 Å². The van der Waals surface area contributed by atoms with Gasteiger partial charge in [0.25, 0.3) is 5.91 Å². The Labute approximate surface area is 166 Å². The number of hydrogen-bond donors (Lipinski definition) is 0. The van der Waals surface area contributed by atoms with Crippen molar-refractivity contribution < 1.29 is 23.5 Å². The lowest BCUT2D eigenvalue weighted by atomic mass is 10.0. The number of nitrogens with zero attached hydrogens (tertiary/aromatic N) is 1. The van der Waals surface area contributed by atoms with Crippen molar-refractivity contribution in [1.82, 2.24) is 4.90 Å². The molecule has 29 heavy (non-hydrogen) atoms. The molecule has 7 nitrogen and oxygen atoms in total. The Morgan fingerprint density at radius 2 is 1.93 bits per heavy atom. The van der Waals surface area contributed by atoms with Gasteiger partial charge in [0.05, 0.1) is 25.8 Å². The minimum atomic E-state index is -0.798. The van der Waals surface area contributed by atoms with E-state index in [0.29, 0.717) is 28.8 Å². The van der Waals surface area contributed by atoms with Gasteiger partial charge < -0.3 is 18.8 Å². The smallest absolute Gasteiger partial charge is 0.344 e. The first-order valence-corrected chi connectivity index (χ1v) is 9.19. The molecule has 1 aliphatic rings. The highest BCUT2D eigenvalue weighted by molar-refractivity contribution is 5.96. The number of fused-ring (bicyclic) bond motifs is 1. The highest BCUT2D eigenvalue weighted by Crippen LogP contribution is 2.23. The zero-order chi connectivity index (χ0) is 20.4. The third-order valence-electron chi connectivity index (χ3n) is 4.88. The Balaban J connectivity index is 1.64. The van der Waals surface area contributed by atoms with E-state index >= 15 is 0 Å². The summed E-state index contributed by atoms with van der Waals surface area (Å²) in [6, 6.07) is 15.8. The van der Waals surface area contributed by atoms with Crippen molar-refractivity contribution in [3.05, 3.63) is 70.6 Å². The van der Waals surface area contributed by atoms with Crippen molar-refractivity contribution in [3.8, 4) is 11.1 Å². The summed E-state index contributed by atoms with van der Waals surface area (Å²) < 4.78 is 15.5. The molecule has 1 atom stereocenters. The van der Waals surface area contributed by atoms with Crippen molar-refractivity contribution in [1.29, 1.82) is 0 Å². The molecule has 1 aromatic heterocycles. The lowest BCUT2D eigenvalue weighted by Gasteiger charge is -2.31. The largest absolute Gasteiger partial charge is 0.467 e. The number of rotatable bonds is 3. The van der Waals surface area contributed by atoms with Crippen molar-refractivity contribution in [2.24, 2.45) is 0 Å². The molecule has 0 aliphatic carbocycles. The van der Waals surface area contributed by atoms with E-state index in [1.165, 1.54) is 7.11 Å². The van der Waals surface area contributed by atoms with E-state index in [2.05, 4.69) is 0 Å². The monoisotopic (exact) mass is 393 g/mol. The van der Waals surface area contributed by atoms with Gasteiger partial charge in [-0.15, -0.1) is 0 Å². The number of benzene rings is 2. The number of morpholine rings is 1. The third-order valence-corrected chi connectivity index (χ3v) is 4.88. The van der Waals surface area contributed by atoms with Gasteiger partial charge in [0.2, 0.25) is 0 Å². The van der Waals surface area contributed by atoms with Crippen LogP contribution in [0.25, 0.3) is 22.1 Å². The van der Waals surface area contributed by atoms with Crippen LogP contribution >= 0.6 is 0 Å². The first-order valence-electron chi connectivity index (χ1n) is 9.19. The van der Waals surface area contributed by atoms with Gasteiger partial charge in [0.15, 0.2) is 6.10 Å². The molecule has 1 fully saturated rings. The Morgan fingerprint density at radius 3 is 2.76 bits per heavy atom. The molecule has 148 valence electrons. The average molecular weight is 393 g/mol. The number of methoxy groups -OCH3 is 1.